The molecule has 0 spiro atoms. The second-order valence-electron chi connectivity index (χ2n) is 5.63. The standard InChI is InChI=1S/C15H22N4O4/c1-11(2)17-15(22)16-10-13(20)18-5-7-19(8-6-18)14(21)12-4-3-9-23-12/h3-4,9,11H,5-8,10H2,1-2H3,(H2,16,17,22). The predicted octanol–water partition coefficient (Wildman–Crippen LogP) is 0.272. The number of carbonyl (C=O) groups excluding carboxylic acids is 3. The Morgan fingerprint density at radius 2 is 1.83 bits per heavy atom. The fraction of sp³-hybridized carbons (Fsp3) is 0.533. The number of nitrogens with one attached hydrogen (secondary N) is 2. The van der Waals surface area contributed by atoms with Crippen molar-refractivity contribution in [3.8, 4) is 0 Å². The van der Waals surface area contributed by atoms with Crippen LogP contribution in [0, 0.1) is 0 Å². The van der Waals surface area contributed by atoms with Gasteiger partial charge in [-0.1, -0.05) is 0 Å². The van der Waals surface area contributed by atoms with Crippen molar-refractivity contribution in [2.75, 3.05) is 32.7 Å². The molecular formula is C15H22N4O4. The lowest BCUT2D eigenvalue weighted by atomic mass is 10.2. The van der Waals surface area contributed by atoms with E-state index in [0.29, 0.717) is 31.9 Å². The predicted molar refractivity (Wildman–Crippen MR) is 82.9 cm³/mol. The molecule has 1 aromatic heterocycles. The summed E-state index contributed by atoms with van der Waals surface area (Å²) in [5, 5.41) is 5.19. The van der Waals surface area contributed by atoms with E-state index in [-0.39, 0.29) is 30.4 Å². The Morgan fingerprint density at radius 3 is 2.39 bits per heavy atom. The van der Waals surface area contributed by atoms with Crippen molar-refractivity contribution in [3.05, 3.63) is 24.2 Å². The number of urea groups is 1. The minimum absolute atomic E-state index is 0.0151. The molecular weight excluding hydrogens is 300 g/mol. The van der Waals surface area contributed by atoms with Crippen LogP contribution in [0.15, 0.2) is 22.8 Å². The zero-order chi connectivity index (χ0) is 16.8. The van der Waals surface area contributed by atoms with E-state index in [4.69, 9.17) is 4.42 Å². The highest BCUT2D eigenvalue weighted by molar-refractivity contribution is 5.91. The highest BCUT2D eigenvalue weighted by atomic mass is 16.3. The van der Waals surface area contributed by atoms with E-state index >= 15 is 0 Å². The molecule has 1 saturated heterocycles. The van der Waals surface area contributed by atoms with Crippen molar-refractivity contribution in [1.29, 1.82) is 0 Å². The minimum atomic E-state index is -0.361. The van der Waals surface area contributed by atoms with Crippen LogP contribution < -0.4 is 10.6 Å². The molecule has 126 valence electrons. The molecule has 1 aliphatic rings. The second kappa shape index (κ2) is 7.66. The second-order valence-corrected chi connectivity index (χ2v) is 5.63. The first-order valence-corrected chi connectivity index (χ1v) is 7.62. The maximum absolute atomic E-state index is 12.1. The summed E-state index contributed by atoms with van der Waals surface area (Å²) in [5.41, 5.74) is 0. The molecule has 2 N–H and O–H groups in total. The van der Waals surface area contributed by atoms with Crippen LogP contribution in [0.5, 0.6) is 0 Å². The molecule has 1 fully saturated rings. The molecule has 0 unspecified atom stereocenters. The first-order valence-electron chi connectivity index (χ1n) is 7.62. The van der Waals surface area contributed by atoms with Gasteiger partial charge in [-0.05, 0) is 26.0 Å². The van der Waals surface area contributed by atoms with Crippen LogP contribution in [-0.2, 0) is 4.79 Å². The van der Waals surface area contributed by atoms with Crippen molar-refractivity contribution < 1.29 is 18.8 Å². The van der Waals surface area contributed by atoms with E-state index < -0.39 is 0 Å². The van der Waals surface area contributed by atoms with E-state index in [1.54, 1.807) is 21.9 Å². The van der Waals surface area contributed by atoms with Gasteiger partial charge >= 0.3 is 6.03 Å². The average Bonchev–Trinajstić information content (AvgIpc) is 3.06. The summed E-state index contributed by atoms with van der Waals surface area (Å²) in [6.07, 6.45) is 1.46. The van der Waals surface area contributed by atoms with Gasteiger partial charge in [-0.25, -0.2) is 4.79 Å². The monoisotopic (exact) mass is 322 g/mol. The van der Waals surface area contributed by atoms with Gasteiger partial charge in [-0.15, -0.1) is 0 Å². The quantitative estimate of drug-likeness (QED) is 0.832. The van der Waals surface area contributed by atoms with Gasteiger partial charge in [0.2, 0.25) is 5.91 Å². The maximum atomic E-state index is 12.1. The number of furan rings is 1. The third kappa shape index (κ3) is 4.73. The normalized spacial score (nSPS) is 14.7. The topological polar surface area (TPSA) is 94.9 Å². The summed E-state index contributed by atoms with van der Waals surface area (Å²) in [4.78, 5) is 38.9. The molecule has 2 rings (SSSR count). The van der Waals surface area contributed by atoms with Crippen molar-refractivity contribution in [1.82, 2.24) is 20.4 Å². The third-order valence-corrected chi connectivity index (χ3v) is 3.47. The van der Waals surface area contributed by atoms with Gasteiger partial charge in [0.05, 0.1) is 12.8 Å². The fourth-order valence-electron chi connectivity index (χ4n) is 2.30. The lowest BCUT2D eigenvalue weighted by molar-refractivity contribution is -0.131. The summed E-state index contributed by atoms with van der Waals surface area (Å²) >= 11 is 0. The van der Waals surface area contributed by atoms with Gasteiger partial charge in [0.1, 0.15) is 0 Å². The van der Waals surface area contributed by atoms with Gasteiger partial charge in [0, 0.05) is 32.2 Å². The van der Waals surface area contributed by atoms with Crippen LogP contribution >= 0.6 is 0 Å². The van der Waals surface area contributed by atoms with Crippen LogP contribution in [0.3, 0.4) is 0 Å². The molecule has 0 aliphatic carbocycles. The minimum Gasteiger partial charge on any atom is -0.459 e. The largest absolute Gasteiger partial charge is 0.459 e. The first kappa shape index (κ1) is 16.9. The van der Waals surface area contributed by atoms with Crippen LogP contribution in [0.2, 0.25) is 0 Å². The summed E-state index contributed by atoms with van der Waals surface area (Å²) in [6, 6.07) is 2.94. The number of amides is 4. The molecule has 8 nitrogen and oxygen atoms in total. The third-order valence-electron chi connectivity index (χ3n) is 3.47. The molecule has 2 heterocycles. The first-order chi connectivity index (χ1) is 11.0. The average molecular weight is 322 g/mol. The van der Waals surface area contributed by atoms with E-state index in [9.17, 15) is 14.4 Å². The van der Waals surface area contributed by atoms with E-state index in [1.807, 2.05) is 13.8 Å². The molecule has 0 bridgehead atoms. The van der Waals surface area contributed by atoms with Crippen molar-refractivity contribution >= 4 is 17.8 Å². The number of rotatable bonds is 4. The summed E-state index contributed by atoms with van der Waals surface area (Å²) < 4.78 is 5.09. The van der Waals surface area contributed by atoms with Crippen LogP contribution in [0.4, 0.5) is 4.79 Å². The Hall–Kier alpha value is -2.51. The van der Waals surface area contributed by atoms with Crippen molar-refractivity contribution in [2.45, 2.75) is 19.9 Å². The molecule has 1 aliphatic heterocycles. The number of nitrogens with zero attached hydrogens (tertiary/aromatic N) is 2. The van der Waals surface area contributed by atoms with Gasteiger partial charge in [0.15, 0.2) is 5.76 Å². The molecule has 0 saturated carbocycles. The van der Waals surface area contributed by atoms with Crippen LogP contribution in [-0.4, -0.2) is 66.4 Å². The smallest absolute Gasteiger partial charge is 0.315 e. The Labute approximate surface area is 134 Å². The van der Waals surface area contributed by atoms with Crippen LogP contribution in [0.25, 0.3) is 0 Å². The highest BCUT2D eigenvalue weighted by Gasteiger charge is 2.26. The zero-order valence-corrected chi connectivity index (χ0v) is 13.4. The van der Waals surface area contributed by atoms with E-state index in [0.717, 1.165) is 0 Å². The Balaban J connectivity index is 1.74. The Bertz CT molecular complexity index is 548. The van der Waals surface area contributed by atoms with Gasteiger partial charge in [-0.3, -0.25) is 9.59 Å². The molecule has 0 atom stereocenters. The number of hydrogen-bond acceptors (Lipinski definition) is 4. The molecule has 0 aromatic carbocycles. The Kier molecular flexibility index (Phi) is 5.61. The summed E-state index contributed by atoms with van der Waals surface area (Å²) in [5.74, 6) is -0.0256. The summed E-state index contributed by atoms with van der Waals surface area (Å²) in [7, 11) is 0. The molecule has 4 amide bonds. The van der Waals surface area contributed by atoms with Gasteiger partial charge < -0.3 is 24.9 Å². The van der Waals surface area contributed by atoms with Crippen LogP contribution in [0.1, 0.15) is 24.4 Å². The maximum Gasteiger partial charge on any atom is 0.315 e. The SMILES string of the molecule is CC(C)NC(=O)NCC(=O)N1CCN(C(=O)c2ccco2)CC1. The Morgan fingerprint density at radius 1 is 1.17 bits per heavy atom. The lowest BCUT2D eigenvalue weighted by Crippen LogP contribution is -2.53. The highest BCUT2D eigenvalue weighted by Crippen LogP contribution is 2.09. The molecule has 8 heteroatoms. The van der Waals surface area contributed by atoms with E-state index in [2.05, 4.69) is 10.6 Å². The molecule has 1 aromatic rings. The van der Waals surface area contributed by atoms with E-state index in [1.165, 1.54) is 6.26 Å². The van der Waals surface area contributed by atoms with Crippen molar-refractivity contribution in [3.63, 3.8) is 0 Å². The van der Waals surface area contributed by atoms with Crippen molar-refractivity contribution in [2.24, 2.45) is 0 Å². The molecule has 0 radical (unpaired) electrons. The summed E-state index contributed by atoms with van der Waals surface area (Å²) in [6.45, 7) is 5.42. The fourth-order valence-corrected chi connectivity index (χ4v) is 2.30. The number of carbonyl (C=O) groups is 3. The van der Waals surface area contributed by atoms with Gasteiger partial charge in [0.25, 0.3) is 5.91 Å². The lowest BCUT2D eigenvalue weighted by Gasteiger charge is -2.34. The zero-order valence-electron chi connectivity index (χ0n) is 13.4. The van der Waals surface area contributed by atoms with Gasteiger partial charge in [-0.2, -0.15) is 0 Å². The molecule has 23 heavy (non-hydrogen) atoms. The number of hydrogen-bond donors (Lipinski definition) is 2. The number of piperazine rings is 1.